The van der Waals surface area contributed by atoms with E-state index in [4.69, 9.17) is 23.2 Å². The number of benzene rings is 1. The van der Waals surface area contributed by atoms with Crippen LogP contribution in [0.15, 0.2) is 12.1 Å². The van der Waals surface area contributed by atoms with E-state index in [1.54, 1.807) is 6.07 Å². The van der Waals surface area contributed by atoms with E-state index < -0.39 is 5.82 Å². The van der Waals surface area contributed by atoms with Gasteiger partial charge in [0.2, 0.25) is 0 Å². The molecule has 1 heterocycles. The van der Waals surface area contributed by atoms with Gasteiger partial charge in [0, 0.05) is 24.9 Å². The van der Waals surface area contributed by atoms with Crippen LogP contribution in [0.25, 0.3) is 11.0 Å². The highest BCUT2D eigenvalue weighted by atomic mass is 35.5. The zero-order valence-electron chi connectivity index (χ0n) is 10.7. The molecular weight excluding hydrogens is 286 g/mol. The van der Waals surface area contributed by atoms with Crippen molar-refractivity contribution < 1.29 is 4.39 Å². The molecule has 2 atom stereocenters. The summed E-state index contributed by atoms with van der Waals surface area (Å²) in [6.07, 6.45) is 1.94. The predicted molar refractivity (Wildman–Crippen MR) is 76.4 cm³/mol. The first kappa shape index (κ1) is 13.2. The summed E-state index contributed by atoms with van der Waals surface area (Å²) >= 11 is 11.7. The lowest BCUT2D eigenvalue weighted by molar-refractivity contribution is 0.584. The van der Waals surface area contributed by atoms with Gasteiger partial charge in [0.1, 0.15) is 11.6 Å². The SMILES string of the molecule is CC1CC1Cn1c(CCCl)nc2cc(F)c(Cl)cc21. The van der Waals surface area contributed by atoms with Gasteiger partial charge in [-0.25, -0.2) is 9.37 Å². The summed E-state index contributed by atoms with van der Waals surface area (Å²) in [6, 6.07) is 3.08. The average Bonchev–Trinajstić information content (AvgIpc) is 2.96. The van der Waals surface area contributed by atoms with E-state index in [0.717, 1.165) is 23.8 Å². The molecule has 1 aliphatic rings. The second-order valence-electron chi connectivity index (χ2n) is 5.31. The van der Waals surface area contributed by atoms with Crippen LogP contribution < -0.4 is 0 Å². The van der Waals surface area contributed by atoms with Crippen molar-refractivity contribution >= 4 is 34.2 Å². The summed E-state index contributed by atoms with van der Waals surface area (Å²) in [5.41, 5.74) is 1.57. The van der Waals surface area contributed by atoms with Crippen LogP contribution in [0.1, 0.15) is 19.2 Å². The van der Waals surface area contributed by atoms with Gasteiger partial charge in [-0.2, -0.15) is 0 Å². The van der Waals surface area contributed by atoms with E-state index in [1.807, 2.05) is 0 Å². The third kappa shape index (κ3) is 2.46. The number of hydrogen-bond donors (Lipinski definition) is 0. The lowest BCUT2D eigenvalue weighted by atomic mass is 10.3. The molecule has 0 bridgehead atoms. The molecule has 0 aliphatic heterocycles. The van der Waals surface area contributed by atoms with E-state index in [-0.39, 0.29) is 5.02 Å². The Labute approximate surface area is 121 Å². The quantitative estimate of drug-likeness (QED) is 0.771. The fourth-order valence-corrected chi connectivity index (χ4v) is 2.86. The Kier molecular flexibility index (Phi) is 3.44. The number of alkyl halides is 1. The van der Waals surface area contributed by atoms with Gasteiger partial charge < -0.3 is 4.57 Å². The number of hydrogen-bond acceptors (Lipinski definition) is 1. The number of rotatable bonds is 4. The fraction of sp³-hybridized carbons (Fsp3) is 0.500. The molecule has 1 aliphatic carbocycles. The molecule has 2 unspecified atom stereocenters. The number of aromatic nitrogens is 2. The Morgan fingerprint density at radius 1 is 1.47 bits per heavy atom. The summed E-state index contributed by atoms with van der Waals surface area (Å²) in [4.78, 5) is 4.49. The zero-order valence-corrected chi connectivity index (χ0v) is 12.2. The predicted octanol–water partition coefficient (Wildman–Crippen LogP) is 4.27. The van der Waals surface area contributed by atoms with Gasteiger partial charge >= 0.3 is 0 Å². The smallest absolute Gasteiger partial charge is 0.144 e. The van der Waals surface area contributed by atoms with E-state index in [0.29, 0.717) is 23.7 Å². The monoisotopic (exact) mass is 300 g/mol. The van der Waals surface area contributed by atoms with Crippen LogP contribution in [0.3, 0.4) is 0 Å². The maximum Gasteiger partial charge on any atom is 0.144 e. The highest BCUT2D eigenvalue weighted by Crippen LogP contribution is 2.40. The normalized spacial score (nSPS) is 22.1. The Balaban J connectivity index is 2.08. The highest BCUT2D eigenvalue weighted by molar-refractivity contribution is 6.31. The van der Waals surface area contributed by atoms with Crippen LogP contribution in [0.4, 0.5) is 4.39 Å². The molecule has 1 aromatic carbocycles. The van der Waals surface area contributed by atoms with Gasteiger partial charge in [0.25, 0.3) is 0 Å². The zero-order chi connectivity index (χ0) is 13.6. The van der Waals surface area contributed by atoms with Crippen molar-refractivity contribution in [3.63, 3.8) is 0 Å². The fourth-order valence-electron chi connectivity index (χ4n) is 2.54. The summed E-state index contributed by atoms with van der Waals surface area (Å²) in [7, 11) is 0. The first-order valence-electron chi connectivity index (χ1n) is 6.50. The van der Waals surface area contributed by atoms with Gasteiger partial charge in [-0.05, 0) is 24.3 Å². The molecule has 0 amide bonds. The molecule has 1 fully saturated rings. The van der Waals surface area contributed by atoms with Gasteiger partial charge in [-0.1, -0.05) is 18.5 Å². The van der Waals surface area contributed by atoms with Crippen LogP contribution in [0.5, 0.6) is 0 Å². The largest absolute Gasteiger partial charge is 0.328 e. The number of fused-ring (bicyclic) bond motifs is 1. The Morgan fingerprint density at radius 3 is 2.84 bits per heavy atom. The minimum absolute atomic E-state index is 0.148. The third-order valence-electron chi connectivity index (χ3n) is 3.88. The van der Waals surface area contributed by atoms with Gasteiger partial charge in [0.15, 0.2) is 0 Å². The lowest BCUT2D eigenvalue weighted by Crippen LogP contribution is -2.06. The second kappa shape index (κ2) is 4.95. The van der Waals surface area contributed by atoms with Gasteiger partial charge in [-0.3, -0.25) is 0 Å². The first-order valence-corrected chi connectivity index (χ1v) is 7.41. The van der Waals surface area contributed by atoms with Crippen LogP contribution in [-0.2, 0) is 13.0 Å². The molecule has 1 aromatic heterocycles. The molecule has 0 radical (unpaired) electrons. The third-order valence-corrected chi connectivity index (χ3v) is 4.36. The van der Waals surface area contributed by atoms with E-state index in [2.05, 4.69) is 16.5 Å². The van der Waals surface area contributed by atoms with Crippen molar-refractivity contribution in [2.75, 3.05) is 5.88 Å². The number of imidazole rings is 1. The van der Waals surface area contributed by atoms with Crippen molar-refractivity contribution in [1.29, 1.82) is 0 Å². The Hall–Kier alpha value is -0.800. The lowest BCUT2D eigenvalue weighted by Gasteiger charge is -2.08. The second-order valence-corrected chi connectivity index (χ2v) is 6.09. The van der Waals surface area contributed by atoms with Crippen molar-refractivity contribution in [3.8, 4) is 0 Å². The summed E-state index contributed by atoms with van der Waals surface area (Å²) < 4.78 is 15.7. The van der Waals surface area contributed by atoms with E-state index in [1.165, 1.54) is 12.5 Å². The van der Waals surface area contributed by atoms with Crippen molar-refractivity contribution in [2.24, 2.45) is 11.8 Å². The van der Waals surface area contributed by atoms with Gasteiger partial charge in [-0.15, -0.1) is 11.6 Å². The highest BCUT2D eigenvalue weighted by Gasteiger charge is 2.33. The van der Waals surface area contributed by atoms with Crippen LogP contribution in [0.2, 0.25) is 5.02 Å². The van der Waals surface area contributed by atoms with Crippen molar-refractivity contribution in [2.45, 2.75) is 26.3 Å². The molecule has 3 rings (SSSR count). The molecule has 1 saturated carbocycles. The number of aryl methyl sites for hydroxylation is 1. The van der Waals surface area contributed by atoms with Crippen molar-refractivity contribution in [1.82, 2.24) is 9.55 Å². The average molecular weight is 301 g/mol. The van der Waals surface area contributed by atoms with Crippen molar-refractivity contribution in [3.05, 3.63) is 28.8 Å². The molecule has 0 N–H and O–H groups in total. The molecule has 5 heteroatoms. The van der Waals surface area contributed by atoms with Crippen LogP contribution >= 0.6 is 23.2 Å². The Bertz CT molecular complexity index is 623. The van der Waals surface area contributed by atoms with E-state index >= 15 is 0 Å². The molecule has 2 aromatic rings. The van der Waals surface area contributed by atoms with Crippen LogP contribution in [0, 0.1) is 17.7 Å². The number of halogens is 3. The number of nitrogens with zero attached hydrogens (tertiary/aromatic N) is 2. The summed E-state index contributed by atoms with van der Waals surface area (Å²) in [5, 5.41) is 0.148. The molecular formula is C14H15Cl2FN2. The maximum atomic E-state index is 13.5. The Morgan fingerprint density at radius 2 is 2.21 bits per heavy atom. The molecule has 102 valence electrons. The topological polar surface area (TPSA) is 17.8 Å². The molecule has 19 heavy (non-hydrogen) atoms. The summed E-state index contributed by atoms with van der Waals surface area (Å²) in [6.45, 7) is 3.17. The molecule has 0 spiro atoms. The minimum Gasteiger partial charge on any atom is -0.328 e. The molecule has 2 nitrogen and oxygen atoms in total. The maximum absolute atomic E-state index is 13.5. The van der Waals surface area contributed by atoms with E-state index in [9.17, 15) is 4.39 Å². The van der Waals surface area contributed by atoms with Crippen LogP contribution in [-0.4, -0.2) is 15.4 Å². The minimum atomic E-state index is -0.420. The standard InChI is InChI=1S/C14H15Cl2FN2/c1-8-4-9(8)7-19-13-5-10(16)11(17)6-12(13)18-14(19)2-3-15/h5-6,8-9H,2-4,7H2,1H3. The first-order chi connectivity index (χ1) is 9.10. The van der Waals surface area contributed by atoms with Gasteiger partial charge in [0.05, 0.1) is 16.1 Å². The summed E-state index contributed by atoms with van der Waals surface area (Å²) in [5.74, 6) is 2.47. The molecule has 0 saturated heterocycles.